The molecule has 0 spiro atoms. The molecule has 6 heteroatoms. The van der Waals surface area contributed by atoms with E-state index in [1.54, 1.807) is 7.11 Å². The molecule has 2 aromatic carbocycles. The molecular weight excluding hydrogens is 310 g/mol. The molecule has 0 saturated carbocycles. The molecule has 0 bridgehead atoms. The van der Waals surface area contributed by atoms with E-state index < -0.39 is 0 Å². The van der Waals surface area contributed by atoms with Crippen molar-refractivity contribution in [2.45, 2.75) is 0 Å². The fourth-order valence-corrected chi connectivity index (χ4v) is 3.53. The van der Waals surface area contributed by atoms with Gasteiger partial charge in [0, 0.05) is 5.56 Å². The number of hydrogen-bond acceptors (Lipinski definition) is 4. The van der Waals surface area contributed by atoms with Gasteiger partial charge < -0.3 is 4.74 Å². The van der Waals surface area contributed by atoms with E-state index in [1.807, 2.05) is 48.5 Å². The monoisotopic (exact) mass is 323 g/mol. The summed E-state index contributed by atoms with van der Waals surface area (Å²) in [7, 11) is 1.62. The van der Waals surface area contributed by atoms with Crippen LogP contribution in [0.15, 0.2) is 53.3 Å². The first-order valence-electron chi connectivity index (χ1n) is 7.07. The van der Waals surface area contributed by atoms with Crippen LogP contribution in [0.4, 0.5) is 0 Å². The van der Waals surface area contributed by atoms with Gasteiger partial charge in [-0.3, -0.25) is 15.0 Å². The fraction of sp³-hybridized carbons (Fsp3) is 0.0588. The highest BCUT2D eigenvalue weighted by Crippen LogP contribution is 2.33. The van der Waals surface area contributed by atoms with Crippen molar-refractivity contribution in [2.75, 3.05) is 7.11 Å². The summed E-state index contributed by atoms with van der Waals surface area (Å²) in [6.07, 6.45) is 0. The Kier molecular flexibility index (Phi) is 3.24. The van der Waals surface area contributed by atoms with Gasteiger partial charge in [-0.1, -0.05) is 12.1 Å². The number of nitrogens with one attached hydrogen (secondary N) is 2. The van der Waals surface area contributed by atoms with Crippen molar-refractivity contribution in [1.82, 2.24) is 15.2 Å². The first-order valence-corrected chi connectivity index (χ1v) is 7.89. The Hall–Kier alpha value is -2.86. The Labute approximate surface area is 135 Å². The number of benzene rings is 2. The van der Waals surface area contributed by atoms with E-state index in [0.717, 1.165) is 27.2 Å². The third-order valence-electron chi connectivity index (χ3n) is 3.66. The van der Waals surface area contributed by atoms with Gasteiger partial charge in [-0.25, -0.2) is 4.98 Å². The summed E-state index contributed by atoms with van der Waals surface area (Å²) in [6.45, 7) is 0. The fourth-order valence-electron chi connectivity index (χ4n) is 2.52. The molecule has 0 fully saturated rings. The normalized spacial score (nSPS) is 11.0. The molecule has 0 aliphatic heterocycles. The van der Waals surface area contributed by atoms with Crippen molar-refractivity contribution in [3.8, 4) is 27.6 Å². The van der Waals surface area contributed by atoms with Crippen LogP contribution in [0.2, 0.25) is 0 Å². The molecule has 2 heterocycles. The van der Waals surface area contributed by atoms with E-state index >= 15 is 0 Å². The summed E-state index contributed by atoms with van der Waals surface area (Å²) in [6, 6.07) is 15.4. The second kappa shape index (κ2) is 5.40. The van der Waals surface area contributed by atoms with Crippen LogP contribution in [0.1, 0.15) is 0 Å². The lowest BCUT2D eigenvalue weighted by molar-refractivity contribution is 0.415. The molecular formula is C17H13N3O2S. The Morgan fingerprint density at radius 3 is 2.57 bits per heavy atom. The maximum absolute atomic E-state index is 12.3. The van der Waals surface area contributed by atoms with Crippen molar-refractivity contribution in [3.05, 3.63) is 58.9 Å². The van der Waals surface area contributed by atoms with Crippen LogP contribution < -0.4 is 10.3 Å². The molecule has 0 unspecified atom stereocenters. The van der Waals surface area contributed by atoms with Crippen LogP contribution in [0.25, 0.3) is 32.0 Å². The lowest BCUT2D eigenvalue weighted by Gasteiger charge is -2.03. The van der Waals surface area contributed by atoms with Crippen molar-refractivity contribution < 1.29 is 4.74 Å². The highest BCUT2D eigenvalue weighted by atomic mass is 32.1. The van der Waals surface area contributed by atoms with Crippen LogP contribution in [0.3, 0.4) is 0 Å². The summed E-state index contributed by atoms with van der Waals surface area (Å²) in [5, 5.41) is 6.33. The Morgan fingerprint density at radius 2 is 1.83 bits per heavy atom. The van der Waals surface area contributed by atoms with Gasteiger partial charge in [0.1, 0.15) is 16.3 Å². The number of nitrogens with zero attached hydrogens (tertiary/aromatic N) is 1. The average molecular weight is 323 g/mol. The number of thiazole rings is 1. The first kappa shape index (κ1) is 13.8. The van der Waals surface area contributed by atoms with Crippen LogP contribution in [0.5, 0.6) is 5.75 Å². The summed E-state index contributed by atoms with van der Waals surface area (Å²) < 4.78 is 6.23. The zero-order chi connectivity index (χ0) is 15.8. The highest BCUT2D eigenvalue weighted by Gasteiger charge is 2.17. The summed E-state index contributed by atoms with van der Waals surface area (Å²) in [5.74, 6) is 0.771. The molecule has 0 atom stereocenters. The van der Waals surface area contributed by atoms with Crippen molar-refractivity contribution >= 4 is 21.6 Å². The van der Waals surface area contributed by atoms with Crippen LogP contribution in [-0.4, -0.2) is 22.3 Å². The maximum Gasteiger partial charge on any atom is 0.274 e. The minimum absolute atomic E-state index is 0.171. The van der Waals surface area contributed by atoms with E-state index in [4.69, 9.17) is 4.74 Å². The largest absolute Gasteiger partial charge is 0.497 e. The van der Waals surface area contributed by atoms with E-state index in [1.165, 1.54) is 11.3 Å². The summed E-state index contributed by atoms with van der Waals surface area (Å²) >= 11 is 1.51. The third-order valence-corrected chi connectivity index (χ3v) is 4.72. The standard InChI is InChI=1S/C17H13N3O2S/c1-22-11-8-6-10(7-9-11)15-14(16(21)20-19-15)17-18-12-4-2-3-5-13(12)23-17/h2-9H,1H3,(H2,19,20,21). The second-order valence-corrected chi connectivity index (χ2v) is 6.08. The van der Waals surface area contributed by atoms with Crippen LogP contribution in [-0.2, 0) is 0 Å². The molecule has 4 aromatic rings. The van der Waals surface area contributed by atoms with Crippen molar-refractivity contribution in [3.63, 3.8) is 0 Å². The van der Waals surface area contributed by atoms with Gasteiger partial charge in [-0.05, 0) is 36.4 Å². The molecule has 0 radical (unpaired) electrons. The number of aromatic nitrogens is 3. The van der Waals surface area contributed by atoms with Gasteiger partial charge in [0.15, 0.2) is 0 Å². The van der Waals surface area contributed by atoms with E-state index in [9.17, 15) is 4.79 Å². The molecule has 2 aromatic heterocycles. The number of para-hydroxylation sites is 1. The third kappa shape index (κ3) is 2.33. The van der Waals surface area contributed by atoms with Gasteiger partial charge in [-0.2, -0.15) is 0 Å². The predicted molar refractivity (Wildman–Crippen MR) is 92.0 cm³/mol. The predicted octanol–water partition coefficient (Wildman–Crippen LogP) is 3.66. The Balaban J connectivity index is 1.88. The SMILES string of the molecule is COc1ccc(-c2[nH][nH]c(=O)c2-c2nc3ccccc3s2)cc1. The number of rotatable bonds is 3. The van der Waals surface area contributed by atoms with Gasteiger partial charge in [0.25, 0.3) is 5.56 Å². The van der Waals surface area contributed by atoms with Crippen LogP contribution in [0, 0.1) is 0 Å². The molecule has 5 nitrogen and oxygen atoms in total. The number of H-pyrrole nitrogens is 2. The topological polar surface area (TPSA) is 70.8 Å². The zero-order valence-electron chi connectivity index (χ0n) is 12.3. The molecule has 0 aliphatic rings. The number of methoxy groups -OCH3 is 1. The number of ether oxygens (including phenoxy) is 1. The smallest absolute Gasteiger partial charge is 0.274 e. The maximum atomic E-state index is 12.3. The van der Waals surface area contributed by atoms with Gasteiger partial charge >= 0.3 is 0 Å². The minimum Gasteiger partial charge on any atom is -0.497 e. The van der Waals surface area contributed by atoms with Gasteiger partial charge in [0.2, 0.25) is 0 Å². The van der Waals surface area contributed by atoms with E-state index in [-0.39, 0.29) is 5.56 Å². The lowest BCUT2D eigenvalue weighted by Crippen LogP contribution is -2.01. The average Bonchev–Trinajstić information content (AvgIpc) is 3.17. The second-order valence-electron chi connectivity index (χ2n) is 5.04. The Morgan fingerprint density at radius 1 is 1.04 bits per heavy atom. The van der Waals surface area contributed by atoms with Crippen molar-refractivity contribution in [1.29, 1.82) is 0 Å². The minimum atomic E-state index is -0.171. The Bertz CT molecular complexity index is 995. The molecule has 114 valence electrons. The molecule has 0 amide bonds. The highest BCUT2D eigenvalue weighted by molar-refractivity contribution is 7.21. The van der Waals surface area contributed by atoms with Crippen molar-refractivity contribution in [2.24, 2.45) is 0 Å². The molecule has 23 heavy (non-hydrogen) atoms. The molecule has 2 N–H and O–H groups in total. The molecule has 0 aliphatic carbocycles. The van der Waals surface area contributed by atoms with Gasteiger partial charge in [0.05, 0.1) is 23.0 Å². The van der Waals surface area contributed by atoms with E-state index in [0.29, 0.717) is 10.6 Å². The van der Waals surface area contributed by atoms with Gasteiger partial charge in [-0.15, -0.1) is 11.3 Å². The quantitative estimate of drug-likeness (QED) is 0.604. The summed E-state index contributed by atoms with van der Waals surface area (Å²) in [4.78, 5) is 16.9. The first-order chi connectivity index (χ1) is 11.3. The van der Waals surface area contributed by atoms with E-state index in [2.05, 4.69) is 15.2 Å². The van der Waals surface area contributed by atoms with Crippen LogP contribution >= 0.6 is 11.3 Å². The lowest BCUT2D eigenvalue weighted by atomic mass is 10.1. The number of fused-ring (bicyclic) bond motifs is 1. The zero-order valence-corrected chi connectivity index (χ0v) is 13.1. The molecule has 4 rings (SSSR count). The number of aromatic amines is 2. The summed E-state index contributed by atoms with van der Waals surface area (Å²) in [5.41, 5.74) is 2.93. The molecule has 0 saturated heterocycles. The number of hydrogen-bond donors (Lipinski definition) is 2.